The Balaban J connectivity index is 2.17. The van der Waals surface area contributed by atoms with Crippen LogP contribution in [0.3, 0.4) is 0 Å². The van der Waals surface area contributed by atoms with Gasteiger partial charge in [-0.2, -0.15) is 4.31 Å². The Hall–Kier alpha value is -0.130. The molecule has 2 rings (SSSR count). The lowest BCUT2D eigenvalue weighted by Crippen LogP contribution is -2.43. The molecule has 14 heavy (non-hydrogen) atoms. The summed E-state index contributed by atoms with van der Waals surface area (Å²) in [6.45, 7) is 3.20. The van der Waals surface area contributed by atoms with E-state index in [-0.39, 0.29) is 11.3 Å². The van der Waals surface area contributed by atoms with E-state index in [0.29, 0.717) is 19.0 Å². The maximum absolute atomic E-state index is 12.0. The molecule has 0 radical (unpaired) electrons. The molecule has 0 spiro atoms. The van der Waals surface area contributed by atoms with E-state index in [1.54, 1.807) is 4.31 Å². The molecule has 2 atom stereocenters. The number of hydrogen-bond donors (Lipinski definition) is 1. The quantitative estimate of drug-likeness (QED) is 0.733. The summed E-state index contributed by atoms with van der Waals surface area (Å²) in [6.07, 6.45) is 2.63. The zero-order valence-electron chi connectivity index (χ0n) is 8.52. The zero-order chi connectivity index (χ0) is 10.3. The third-order valence-corrected chi connectivity index (χ3v) is 5.77. The van der Waals surface area contributed by atoms with Crippen molar-refractivity contribution in [1.82, 2.24) is 4.31 Å². The fourth-order valence-electron chi connectivity index (χ4n) is 2.20. The molecule has 0 aromatic heterocycles. The highest BCUT2D eigenvalue weighted by atomic mass is 32.2. The monoisotopic (exact) mass is 218 g/mol. The number of sulfonamides is 1. The number of rotatable bonds is 3. The van der Waals surface area contributed by atoms with Crippen LogP contribution in [0.25, 0.3) is 0 Å². The van der Waals surface area contributed by atoms with Crippen LogP contribution in [-0.4, -0.2) is 37.1 Å². The summed E-state index contributed by atoms with van der Waals surface area (Å²) in [5.41, 5.74) is 5.63. The highest BCUT2D eigenvalue weighted by Gasteiger charge is 2.45. The molecule has 0 bridgehead atoms. The molecule has 2 aliphatic rings. The summed E-state index contributed by atoms with van der Waals surface area (Å²) in [6, 6.07) is 0.0422. The van der Waals surface area contributed by atoms with Gasteiger partial charge in [0.05, 0.1) is 5.25 Å². The molecule has 1 saturated heterocycles. The van der Waals surface area contributed by atoms with Gasteiger partial charge in [0, 0.05) is 19.1 Å². The summed E-state index contributed by atoms with van der Waals surface area (Å²) in [5.74, 6) is 0.411. The van der Waals surface area contributed by atoms with Gasteiger partial charge in [-0.05, 0) is 25.2 Å². The van der Waals surface area contributed by atoms with E-state index in [1.807, 2.05) is 0 Å². The van der Waals surface area contributed by atoms with Crippen molar-refractivity contribution in [2.24, 2.45) is 11.7 Å². The van der Waals surface area contributed by atoms with Gasteiger partial charge in [0.1, 0.15) is 0 Å². The average Bonchev–Trinajstić information content (AvgIpc) is 2.90. The summed E-state index contributed by atoms with van der Waals surface area (Å²) >= 11 is 0. The Morgan fingerprint density at radius 3 is 2.50 bits per heavy atom. The van der Waals surface area contributed by atoms with Gasteiger partial charge in [0.15, 0.2) is 0 Å². The molecule has 0 aromatic carbocycles. The highest BCUT2D eigenvalue weighted by molar-refractivity contribution is 7.90. The summed E-state index contributed by atoms with van der Waals surface area (Å²) in [5, 5.41) is -0.0955. The SMILES string of the molecule is CC1CCN(S(=O)(=O)C2CC2)C1CN. The first-order chi connectivity index (χ1) is 6.57. The molecule has 0 aromatic rings. The second kappa shape index (κ2) is 3.47. The van der Waals surface area contributed by atoms with Crippen molar-refractivity contribution in [3.05, 3.63) is 0 Å². The number of hydrogen-bond acceptors (Lipinski definition) is 3. The van der Waals surface area contributed by atoms with E-state index in [2.05, 4.69) is 6.92 Å². The van der Waals surface area contributed by atoms with Gasteiger partial charge in [-0.15, -0.1) is 0 Å². The van der Waals surface area contributed by atoms with E-state index in [0.717, 1.165) is 19.3 Å². The summed E-state index contributed by atoms with van der Waals surface area (Å²) < 4.78 is 25.6. The van der Waals surface area contributed by atoms with E-state index in [9.17, 15) is 8.42 Å². The second-order valence-electron chi connectivity index (χ2n) is 4.42. The number of nitrogens with zero attached hydrogens (tertiary/aromatic N) is 1. The Kier molecular flexibility index (Phi) is 2.57. The van der Waals surface area contributed by atoms with Gasteiger partial charge in [0.25, 0.3) is 0 Å². The van der Waals surface area contributed by atoms with Crippen LogP contribution >= 0.6 is 0 Å². The zero-order valence-corrected chi connectivity index (χ0v) is 9.33. The first-order valence-electron chi connectivity index (χ1n) is 5.28. The third-order valence-electron chi connectivity index (χ3n) is 3.35. The normalized spacial score (nSPS) is 35.0. The molecule has 1 saturated carbocycles. The van der Waals surface area contributed by atoms with E-state index < -0.39 is 10.0 Å². The lowest BCUT2D eigenvalue weighted by molar-refractivity contribution is 0.354. The molecule has 2 N–H and O–H groups in total. The van der Waals surface area contributed by atoms with Crippen molar-refractivity contribution in [2.45, 2.75) is 37.5 Å². The largest absolute Gasteiger partial charge is 0.329 e. The summed E-state index contributed by atoms with van der Waals surface area (Å²) in [4.78, 5) is 0. The minimum Gasteiger partial charge on any atom is -0.329 e. The van der Waals surface area contributed by atoms with Crippen LogP contribution in [0.5, 0.6) is 0 Å². The van der Waals surface area contributed by atoms with Crippen LogP contribution < -0.4 is 5.73 Å². The van der Waals surface area contributed by atoms with Gasteiger partial charge in [-0.1, -0.05) is 6.92 Å². The van der Waals surface area contributed by atoms with E-state index in [4.69, 9.17) is 5.73 Å². The Labute approximate surface area is 85.5 Å². The Bertz CT molecular complexity index is 311. The lowest BCUT2D eigenvalue weighted by Gasteiger charge is -2.24. The van der Waals surface area contributed by atoms with Gasteiger partial charge in [-0.3, -0.25) is 0 Å². The van der Waals surface area contributed by atoms with Crippen molar-refractivity contribution in [3.8, 4) is 0 Å². The van der Waals surface area contributed by atoms with Crippen LogP contribution in [0.15, 0.2) is 0 Å². The van der Waals surface area contributed by atoms with Crippen LogP contribution in [-0.2, 0) is 10.0 Å². The topological polar surface area (TPSA) is 63.4 Å². The molecular formula is C9H18N2O2S. The van der Waals surface area contributed by atoms with Crippen LogP contribution in [0.1, 0.15) is 26.2 Å². The highest BCUT2D eigenvalue weighted by Crippen LogP contribution is 2.36. The molecule has 4 nitrogen and oxygen atoms in total. The van der Waals surface area contributed by atoms with Crippen molar-refractivity contribution in [1.29, 1.82) is 0 Å². The minimum atomic E-state index is -3.01. The molecule has 1 aliphatic carbocycles. The number of nitrogens with two attached hydrogens (primary N) is 1. The van der Waals surface area contributed by atoms with Crippen LogP contribution in [0.4, 0.5) is 0 Å². The molecule has 0 amide bonds. The standard InChI is InChI=1S/C9H18N2O2S/c1-7-4-5-11(9(7)6-10)14(12,13)8-2-3-8/h7-9H,2-6,10H2,1H3. The molecule has 82 valence electrons. The van der Waals surface area contributed by atoms with Crippen LogP contribution in [0.2, 0.25) is 0 Å². The molecule has 1 heterocycles. The predicted octanol–water partition coefficient (Wildman–Crippen LogP) is 0.148. The smallest absolute Gasteiger partial charge is 0.217 e. The molecule has 5 heteroatoms. The molecule has 1 aliphatic heterocycles. The first-order valence-corrected chi connectivity index (χ1v) is 6.78. The summed E-state index contributed by atoms with van der Waals surface area (Å²) in [7, 11) is -3.01. The van der Waals surface area contributed by atoms with Gasteiger partial charge in [-0.25, -0.2) is 8.42 Å². The van der Waals surface area contributed by atoms with Gasteiger partial charge in [0.2, 0.25) is 10.0 Å². The van der Waals surface area contributed by atoms with Gasteiger partial charge < -0.3 is 5.73 Å². The maximum atomic E-state index is 12.0. The fraction of sp³-hybridized carbons (Fsp3) is 1.00. The van der Waals surface area contributed by atoms with E-state index >= 15 is 0 Å². The third kappa shape index (κ3) is 1.57. The minimum absolute atomic E-state index is 0.0422. The van der Waals surface area contributed by atoms with Crippen LogP contribution in [0, 0.1) is 5.92 Å². The molecular weight excluding hydrogens is 200 g/mol. The Morgan fingerprint density at radius 2 is 2.00 bits per heavy atom. The predicted molar refractivity (Wildman–Crippen MR) is 55.3 cm³/mol. The fourth-order valence-corrected chi connectivity index (χ4v) is 4.34. The maximum Gasteiger partial charge on any atom is 0.217 e. The average molecular weight is 218 g/mol. The molecule has 2 unspecified atom stereocenters. The first kappa shape index (κ1) is 10.4. The van der Waals surface area contributed by atoms with Crippen molar-refractivity contribution >= 4 is 10.0 Å². The van der Waals surface area contributed by atoms with E-state index in [1.165, 1.54) is 0 Å². The Morgan fingerprint density at radius 1 is 1.36 bits per heavy atom. The van der Waals surface area contributed by atoms with Crippen molar-refractivity contribution in [2.75, 3.05) is 13.1 Å². The van der Waals surface area contributed by atoms with Crippen molar-refractivity contribution < 1.29 is 8.42 Å². The second-order valence-corrected chi connectivity index (χ2v) is 6.59. The lowest BCUT2D eigenvalue weighted by atomic mass is 10.0. The van der Waals surface area contributed by atoms with Gasteiger partial charge >= 0.3 is 0 Å². The molecule has 2 fully saturated rings. The van der Waals surface area contributed by atoms with Crippen molar-refractivity contribution in [3.63, 3.8) is 0 Å².